The van der Waals surface area contributed by atoms with E-state index in [4.69, 9.17) is 5.73 Å². The van der Waals surface area contributed by atoms with E-state index in [2.05, 4.69) is 35.9 Å². The Morgan fingerprint density at radius 2 is 1.84 bits per heavy atom. The van der Waals surface area contributed by atoms with Crippen molar-refractivity contribution in [1.29, 1.82) is 0 Å². The standard InChI is InChI=1S/C20H32N4O/c1-16(21)18-6-8-24(9-7-18)20(25)19-5-3-4-17(14-19)15-23-12-10-22(2)11-13-23/h3-5,14,16,18H,6-13,15,21H2,1-2H3. The molecule has 1 aromatic carbocycles. The Balaban J connectivity index is 1.58. The SMILES string of the molecule is CC(N)C1CCN(C(=O)c2cccc(CN3CCN(C)CC3)c2)CC1. The van der Waals surface area contributed by atoms with Gasteiger partial charge in [0.25, 0.3) is 5.91 Å². The van der Waals surface area contributed by atoms with Crippen LogP contribution < -0.4 is 5.73 Å². The topological polar surface area (TPSA) is 52.8 Å². The van der Waals surface area contributed by atoms with Crippen LogP contribution in [-0.2, 0) is 6.54 Å². The second-order valence-electron chi connectivity index (χ2n) is 7.77. The Bertz CT molecular complexity index is 573. The van der Waals surface area contributed by atoms with Crippen molar-refractivity contribution in [3.63, 3.8) is 0 Å². The number of piperidine rings is 1. The van der Waals surface area contributed by atoms with E-state index in [1.165, 1.54) is 5.56 Å². The minimum Gasteiger partial charge on any atom is -0.339 e. The van der Waals surface area contributed by atoms with Crippen LogP contribution in [-0.4, -0.2) is 73.0 Å². The number of carbonyl (C=O) groups excluding carboxylic acids is 1. The summed E-state index contributed by atoms with van der Waals surface area (Å²) < 4.78 is 0. The largest absolute Gasteiger partial charge is 0.339 e. The van der Waals surface area contributed by atoms with Crippen molar-refractivity contribution in [2.45, 2.75) is 32.4 Å². The maximum Gasteiger partial charge on any atom is 0.253 e. The molecule has 1 atom stereocenters. The van der Waals surface area contributed by atoms with Crippen LogP contribution in [0.3, 0.4) is 0 Å². The lowest BCUT2D eigenvalue weighted by Crippen LogP contribution is -2.44. The van der Waals surface area contributed by atoms with E-state index in [1.807, 2.05) is 17.0 Å². The molecule has 0 spiro atoms. The van der Waals surface area contributed by atoms with Crippen molar-refractivity contribution in [2.24, 2.45) is 11.7 Å². The average Bonchev–Trinajstić information content (AvgIpc) is 2.63. The molecule has 0 saturated carbocycles. The van der Waals surface area contributed by atoms with E-state index < -0.39 is 0 Å². The summed E-state index contributed by atoms with van der Waals surface area (Å²) in [6.45, 7) is 9.09. The Morgan fingerprint density at radius 1 is 1.16 bits per heavy atom. The third-order valence-corrected chi connectivity index (χ3v) is 5.75. The predicted octanol–water partition coefficient (Wildman–Crippen LogP) is 1.63. The summed E-state index contributed by atoms with van der Waals surface area (Å²) in [5.74, 6) is 0.718. The summed E-state index contributed by atoms with van der Waals surface area (Å²) in [6, 6.07) is 8.42. The van der Waals surface area contributed by atoms with Crippen LogP contribution in [0.25, 0.3) is 0 Å². The van der Waals surface area contributed by atoms with Gasteiger partial charge in [0.15, 0.2) is 0 Å². The summed E-state index contributed by atoms with van der Waals surface area (Å²) in [6.07, 6.45) is 2.04. The molecule has 0 radical (unpaired) electrons. The summed E-state index contributed by atoms with van der Waals surface area (Å²) in [7, 11) is 2.17. The number of rotatable bonds is 4. The highest BCUT2D eigenvalue weighted by molar-refractivity contribution is 5.94. The lowest BCUT2D eigenvalue weighted by molar-refractivity contribution is 0.0680. The minimum absolute atomic E-state index is 0.170. The normalized spacial score (nSPS) is 22.1. The average molecular weight is 345 g/mol. The van der Waals surface area contributed by atoms with Gasteiger partial charge in [-0.15, -0.1) is 0 Å². The maximum absolute atomic E-state index is 12.8. The summed E-state index contributed by atoms with van der Waals surface area (Å²) in [5, 5.41) is 0. The first kappa shape index (κ1) is 18.4. The Hall–Kier alpha value is -1.43. The third-order valence-electron chi connectivity index (χ3n) is 5.75. The second kappa shape index (κ2) is 8.30. The van der Waals surface area contributed by atoms with Crippen LogP contribution in [0.4, 0.5) is 0 Å². The molecule has 0 bridgehead atoms. The van der Waals surface area contributed by atoms with Gasteiger partial charge in [-0.25, -0.2) is 0 Å². The van der Waals surface area contributed by atoms with Gasteiger partial charge in [-0.05, 0) is 50.4 Å². The van der Waals surface area contributed by atoms with Crippen LogP contribution in [0.2, 0.25) is 0 Å². The number of nitrogens with zero attached hydrogens (tertiary/aromatic N) is 3. The molecule has 0 aliphatic carbocycles. The number of nitrogens with two attached hydrogens (primary N) is 1. The summed E-state index contributed by atoms with van der Waals surface area (Å²) >= 11 is 0. The molecule has 3 rings (SSSR count). The summed E-state index contributed by atoms with van der Waals surface area (Å²) in [5.41, 5.74) is 8.07. The minimum atomic E-state index is 0.170. The zero-order valence-corrected chi connectivity index (χ0v) is 15.7. The van der Waals surface area contributed by atoms with Gasteiger partial charge in [0.05, 0.1) is 0 Å². The molecule has 2 aliphatic heterocycles. The monoisotopic (exact) mass is 344 g/mol. The molecule has 1 aromatic rings. The molecular formula is C20H32N4O. The zero-order valence-electron chi connectivity index (χ0n) is 15.7. The van der Waals surface area contributed by atoms with Crippen LogP contribution in [0.5, 0.6) is 0 Å². The van der Waals surface area contributed by atoms with Gasteiger partial charge in [0.2, 0.25) is 0 Å². The molecule has 2 fully saturated rings. The van der Waals surface area contributed by atoms with Gasteiger partial charge in [0, 0.05) is 57.4 Å². The number of hydrogen-bond acceptors (Lipinski definition) is 4. The van der Waals surface area contributed by atoms with Gasteiger partial charge in [0.1, 0.15) is 0 Å². The first-order chi connectivity index (χ1) is 12.0. The van der Waals surface area contributed by atoms with Gasteiger partial charge < -0.3 is 15.5 Å². The molecule has 25 heavy (non-hydrogen) atoms. The van der Waals surface area contributed by atoms with Crippen molar-refractivity contribution >= 4 is 5.91 Å². The molecule has 2 aliphatic rings. The van der Waals surface area contributed by atoms with Gasteiger partial charge in [-0.3, -0.25) is 9.69 Å². The van der Waals surface area contributed by atoms with E-state index in [9.17, 15) is 4.79 Å². The highest BCUT2D eigenvalue weighted by Crippen LogP contribution is 2.21. The first-order valence-corrected chi connectivity index (χ1v) is 9.57. The molecule has 138 valence electrons. The van der Waals surface area contributed by atoms with Crippen LogP contribution in [0, 0.1) is 5.92 Å². The van der Waals surface area contributed by atoms with Gasteiger partial charge >= 0.3 is 0 Å². The predicted molar refractivity (Wildman–Crippen MR) is 101 cm³/mol. The molecular weight excluding hydrogens is 312 g/mol. The Kier molecular flexibility index (Phi) is 6.10. The number of benzene rings is 1. The number of hydrogen-bond donors (Lipinski definition) is 1. The molecule has 1 unspecified atom stereocenters. The lowest BCUT2D eigenvalue weighted by atomic mass is 9.90. The molecule has 2 saturated heterocycles. The molecule has 5 nitrogen and oxygen atoms in total. The fourth-order valence-electron chi connectivity index (χ4n) is 3.88. The Morgan fingerprint density at radius 3 is 2.48 bits per heavy atom. The number of amides is 1. The molecule has 1 amide bonds. The van der Waals surface area contributed by atoms with E-state index in [0.29, 0.717) is 5.92 Å². The van der Waals surface area contributed by atoms with Gasteiger partial charge in [-0.2, -0.15) is 0 Å². The van der Waals surface area contributed by atoms with E-state index in [1.54, 1.807) is 0 Å². The quantitative estimate of drug-likeness (QED) is 0.902. The van der Waals surface area contributed by atoms with Gasteiger partial charge in [-0.1, -0.05) is 12.1 Å². The number of likely N-dealkylation sites (N-methyl/N-ethyl adjacent to an activating group) is 1. The highest BCUT2D eigenvalue weighted by Gasteiger charge is 2.25. The van der Waals surface area contributed by atoms with Crippen molar-refractivity contribution in [3.05, 3.63) is 35.4 Å². The Labute approximate surface area is 151 Å². The smallest absolute Gasteiger partial charge is 0.253 e. The maximum atomic E-state index is 12.8. The second-order valence-corrected chi connectivity index (χ2v) is 7.77. The van der Waals surface area contributed by atoms with E-state index in [-0.39, 0.29) is 11.9 Å². The lowest BCUT2D eigenvalue weighted by Gasteiger charge is -2.34. The fraction of sp³-hybridized carbons (Fsp3) is 0.650. The van der Waals surface area contributed by atoms with Crippen LogP contribution >= 0.6 is 0 Å². The molecule has 5 heteroatoms. The van der Waals surface area contributed by atoms with Crippen LogP contribution in [0.15, 0.2) is 24.3 Å². The van der Waals surface area contributed by atoms with E-state index in [0.717, 1.165) is 64.2 Å². The van der Waals surface area contributed by atoms with Crippen molar-refractivity contribution in [1.82, 2.24) is 14.7 Å². The third kappa shape index (κ3) is 4.81. The molecule has 2 heterocycles. The van der Waals surface area contributed by atoms with Crippen molar-refractivity contribution in [3.8, 4) is 0 Å². The van der Waals surface area contributed by atoms with Crippen molar-refractivity contribution in [2.75, 3.05) is 46.3 Å². The van der Waals surface area contributed by atoms with E-state index >= 15 is 0 Å². The van der Waals surface area contributed by atoms with Crippen LogP contribution in [0.1, 0.15) is 35.7 Å². The fourth-order valence-corrected chi connectivity index (χ4v) is 3.88. The number of likely N-dealkylation sites (tertiary alicyclic amines) is 1. The zero-order chi connectivity index (χ0) is 17.8. The number of carbonyl (C=O) groups is 1. The first-order valence-electron chi connectivity index (χ1n) is 9.57. The number of piperazine rings is 1. The molecule has 2 N–H and O–H groups in total. The highest BCUT2D eigenvalue weighted by atomic mass is 16.2. The van der Waals surface area contributed by atoms with Crippen molar-refractivity contribution < 1.29 is 4.79 Å². The summed E-state index contributed by atoms with van der Waals surface area (Å²) in [4.78, 5) is 19.7. The molecule has 0 aromatic heterocycles.